The van der Waals surface area contributed by atoms with E-state index in [-0.39, 0.29) is 0 Å². The summed E-state index contributed by atoms with van der Waals surface area (Å²) in [5.74, 6) is 0.818. The number of aromatic nitrogens is 2. The standard InChI is InChI=1S/C11H10ClN3S/c12-11-2-1-8(5-15-11)7-16-10-3-4-14-6-9(10)13/h1-6H,7,13H2. The van der Waals surface area contributed by atoms with Crippen molar-refractivity contribution in [3.63, 3.8) is 0 Å². The number of hydrogen-bond acceptors (Lipinski definition) is 4. The maximum absolute atomic E-state index is 5.79. The van der Waals surface area contributed by atoms with Crippen molar-refractivity contribution in [1.29, 1.82) is 0 Å². The molecular formula is C11H10ClN3S. The fourth-order valence-corrected chi connectivity index (χ4v) is 2.16. The fraction of sp³-hybridized carbons (Fsp3) is 0.0909. The van der Waals surface area contributed by atoms with Crippen molar-refractivity contribution in [2.75, 3.05) is 5.73 Å². The van der Waals surface area contributed by atoms with Crippen molar-refractivity contribution in [1.82, 2.24) is 9.97 Å². The van der Waals surface area contributed by atoms with E-state index >= 15 is 0 Å². The van der Waals surface area contributed by atoms with Crippen LogP contribution in [-0.2, 0) is 5.75 Å². The predicted octanol–water partition coefficient (Wildman–Crippen LogP) is 3.00. The molecule has 0 atom stereocenters. The van der Waals surface area contributed by atoms with Crippen molar-refractivity contribution < 1.29 is 0 Å². The summed E-state index contributed by atoms with van der Waals surface area (Å²) >= 11 is 7.37. The lowest BCUT2D eigenvalue weighted by molar-refractivity contribution is 1.24. The maximum atomic E-state index is 5.79. The van der Waals surface area contributed by atoms with Gasteiger partial charge in [-0.25, -0.2) is 4.98 Å². The molecule has 16 heavy (non-hydrogen) atoms. The van der Waals surface area contributed by atoms with Gasteiger partial charge in [0.1, 0.15) is 5.15 Å². The first-order valence-corrected chi connectivity index (χ1v) is 6.05. The van der Waals surface area contributed by atoms with Gasteiger partial charge in [0, 0.05) is 23.0 Å². The van der Waals surface area contributed by atoms with Gasteiger partial charge in [0.15, 0.2) is 0 Å². The van der Waals surface area contributed by atoms with Crippen LogP contribution in [0.4, 0.5) is 5.69 Å². The first-order valence-electron chi connectivity index (χ1n) is 4.68. The number of nitrogens with two attached hydrogens (primary N) is 1. The molecule has 0 aliphatic heterocycles. The summed E-state index contributed by atoms with van der Waals surface area (Å²) in [6.45, 7) is 0. The van der Waals surface area contributed by atoms with Crippen LogP contribution in [0, 0.1) is 0 Å². The van der Waals surface area contributed by atoms with Crippen molar-refractivity contribution in [3.05, 3.63) is 47.5 Å². The molecule has 0 aromatic carbocycles. The van der Waals surface area contributed by atoms with Crippen LogP contribution < -0.4 is 5.73 Å². The van der Waals surface area contributed by atoms with E-state index in [0.717, 1.165) is 16.2 Å². The summed E-state index contributed by atoms with van der Waals surface area (Å²) < 4.78 is 0. The Morgan fingerprint density at radius 3 is 2.81 bits per heavy atom. The van der Waals surface area contributed by atoms with Crippen LogP contribution in [0.5, 0.6) is 0 Å². The molecule has 2 aromatic rings. The average molecular weight is 252 g/mol. The Morgan fingerprint density at radius 1 is 1.25 bits per heavy atom. The second-order valence-electron chi connectivity index (χ2n) is 3.19. The molecule has 0 aliphatic rings. The van der Waals surface area contributed by atoms with E-state index in [1.165, 1.54) is 0 Å². The van der Waals surface area contributed by atoms with Crippen LogP contribution in [0.1, 0.15) is 5.56 Å². The molecule has 2 rings (SSSR count). The highest BCUT2D eigenvalue weighted by molar-refractivity contribution is 7.98. The zero-order valence-corrected chi connectivity index (χ0v) is 10.0. The molecule has 2 N–H and O–H groups in total. The molecule has 0 amide bonds. The highest BCUT2D eigenvalue weighted by Gasteiger charge is 2.00. The number of thioether (sulfide) groups is 1. The van der Waals surface area contributed by atoms with Crippen LogP contribution in [0.2, 0.25) is 5.15 Å². The molecule has 2 aromatic heterocycles. The first-order chi connectivity index (χ1) is 7.75. The third kappa shape index (κ3) is 2.87. The molecule has 0 unspecified atom stereocenters. The Kier molecular flexibility index (Phi) is 3.64. The van der Waals surface area contributed by atoms with Gasteiger partial charge in [-0.3, -0.25) is 4.98 Å². The molecular weight excluding hydrogens is 242 g/mol. The monoisotopic (exact) mass is 251 g/mol. The Bertz CT molecular complexity index is 473. The molecule has 0 fully saturated rings. The van der Waals surface area contributed by atoms with Crippen molar-refractivity contribution in [2.24, 2.45) is 0 Å². The Labute approximate surface area is 103 Å². The number of rotatable bonds is 3. The van der Waals surface area contributed by atoms with Crippen molar-refractivity contribution >= 4 is 29.1 Å². The highest BCUT2D eigenvalue weighted by atomic mass is 35.5. The third-order valence-corrected chi connectivity index (χ3v) is 3.38. The minimum atomic E-state index is 0.511. The van der Waals surface area contributed by atoms with E-state index < -0.39 is 0 Å². The average Bonchev–Trinajstić information content (AvgIpc) is 2.30. The highest BCUT2D eigenvalue weighted by Crippen LogP contribution is 2.26. The smallest absolute Gasteiger partial charge is 0.129 e. The van der Waals surface area contributed by atoms with Crippen LogP contribution >= 0.6 is 23.4 Å². The molecule has 0 spiro atoms. The normalized spacial score (nSPS) is 10.3. The van der Waals surface area contributed by atoms with Crippen LogP contribution in [-0.4, -0.2) is 9.97 Å². The third-order valence-electron chi connectivity index (χ3n) is 1.99. The van der Waals surface area contributed by atoms with E-state index in [0.29, 0.717) is 10.8 Å². The first kappa shape index (κ1) is 11.2. The molecule has 0 saturated carbocycles. The van der Waals surface area contributed by atoms with Gasteiger partial charge in [-0.1, -0.05) is 17.7 Å². The lowest BCUT2D eigenvalue weighted by atomic mass is 10.3. The minimum absolute atomic E-state index is 0.511. The second kappa shape index (κ2) is 5.18. The van der Waals surface area contributed by atoms with Gasteiger partial charge >= 0.3 is 0 Å². The van der Waals surface area contributed by atoms with E-state index in [4.69, 9.17) is 17.3 Å². The Hall–Kier alpha value is -1.26. The molecule has 0 saturated heterocycles. The minimum Gasteiger partial charge on any atom is -0.397 e. The second-order valence-corrected chi connectivity index (χ2v) is 4.60. The molecule has 0 bridgehead atoms. The van der Waals surface area contributed by atoms with E-state index in [9.17, 15) is 0 Å². The fourth-order valence-electron chi connectivity index (χ4n) is 1.18. The number of anilines is 1. The summed E-state index contributed by atoms with van der Waals surface area (Å²) in [6.07, 6.45) is 5.16. The molecule has 0 radical (unpaired) electrons. The predicted molar refractivity (Wildman–Crippen MR) is 67.5 cm³/mol. The quantitative estimate of drug-likeness (QED) is 0.673. The van der Waals surface area contributed by atoms with E-state index in [2.05, 4.69) is 9.97 Å². The largest absolute Gasteiger partial charge is 0.397 e. The van der Waals surface area contributed by atoms with Gasteiger partial charge < -0.3 is 5.73 Å². The summed E-state index contributed by atoms with van der Waals surface area (Å²) in [4.78, 5) is 9.00. The maximum Gasteiger partial charge on any atom is 0.129 e. The Morgan fingerprint density at radius 2 is 2.12 bits per heavy atom. The van der Waals surface area contributed by atoms with E-state index in [1.54, 1.807) is 36.4 Å². The number of halogens is 1. The topological polar surface area (TPSA) is 51.8 Å². The summed E-state index contributed by atoms with van der Waals surface area (Å²) in [7, 11) is 0. The lowest BCUT2D eigenvalue weighted by Crippen LogP contribution is -1.90. The molecule has 82 valence electrons. The zero-order valence-electron chi connectivity index (χ0n) is 8.43. The van der Waals surface area contributed by atoms with Crippen molar-refractivity contribution in [2.45, 2.75) is 10.6 Å². The lowest BCUT2D eigenvalue weighted by Gasteiger charge is -2.04. The van der Waals surface area contributed by atoms with Gasteiger partial charge in [0.2, 0.25) is 0 Å². The van der Waals surface area contributed by atoms with Crippen LogP contribution in [0.3, 0.4) is 0 Å². The number of hydrogen-bond donors (Lipinski definition) is 1. The molecule has 2 heterocycles. The van der Waals surface area contributed by atoms with Gasteiger partial charge in [-0.05, 0) is 17.7 Å². The van der Waals surface area contributed by atoms with Gasteiger partial charge in [-0.2, -0.15) is 0 Å². The summed E-state index contributed by atoms with van der Waals surface area (Å²) in [5.41, 5.74) is 7.61. The number of pyridine rings is 2. The van der Waals surface area contributed by atoms with Gasteiger partial charge in [-0.15, -0.1) is 11.8 Å². The number of nitrogens with zero attached hydrogens (tertiary/aromatic N) is 2. The summed E-state index contributed by atoms with van der Waals surface area (Å²) in [6, 6.07) is 5.65. The summed E-state index contributed by atoms with van der Waals surface area (Å²) in [5, 5.41) is 0.511. The van der Waals surface area contributed by atoms with Crippen LogP contribution in [0.15, 0.2) is 41.7 Å². The number of nitrogen functional groups attached to an aromatic ring is 1. The molecule has 0 aliphatic carbocycles. The van der Waals surface area contributed by atoms with Gasteiger partial charge in [0.05, 0.1) is 11.9 Å². The van der Waals surface area contributed by atoms with Gasteiger partial charge in [0.25, 0.3) is 0 Å². The zero-order chi connectivity index (χ0) is 11.4. The molecule has 5 heteroatoms. The van der Waals surface area contributed by atoms with E-state index in [1.807, 2.05) is 12.1 Å². The van der Waals surface area contributed by atoms with Crippen molar-refractivity contribution in [3.8, 4) is 0 Å². The Balaban J connectivity index is 2.02. The SMILES string of the molecule is Nc1cnccc1SCc1ccc(Cl)nc1. The molecule has 3 nitrogen and oxygen atoms in total. The van der Waals surface area contributed by atoms with Crippen LogP contribution in [0.25, 0.3) is 0 Å².